The number of para-hydroxylation sites is 1. The van der Waals surface area contributed by atoms with Crippen molar-refractivity contribution in [2.75, 3.05) is 13.1 Å². The standard InChI is InChI=1S/C26H27N3O2S/c1-16(2)27-25(30)24-23(19-9-5-7-11-22(19)32-24)17-12-13-29(14-17)26(31)20-15-28(3)21-10-6-4-8-18(20)21/h4-11,15-17H,12-14H2,1-3H3,(H,27,30)/t17-/m0/s1. The average molecular weight is 446 g/mol. The van der Waals surface area contributed by atoms with Gasteiger partial charge >= 0.3 is 0 Å². The quantitative estimate of drug-likeness (QED) is 0.472. The van der Waals surface area contributed by atoms with Crippen LogP contribution in [-0.4, -0.2) is 40.4 Å². The lowest BCUT2D eigenvalue weighted by Gasteiger charge is -2.17. The molecule has 5 nitrogen and oxygen atoms in total. The number of likely N-dealkylation sites (tertiary alicyclic amines) is 1. The third-order valence-electron chi connectivity index (χ3n) is 6.27. The minimum Gasteiger partial charge on any atom is -0.350 e. The summed E-state index contributed by atoms with van der Waals surface area (Å²) < 4.78 is 3.13. The van der Waals surface area contributed by atoms with Gasteiger partial charge in [-0.2, -0.15) is 0 Å². The predicted molar refractivity (Wildman–Crippen MR) is 131 cm³/mol. The Balaban J connectivity index is 1.48. The van der Waals surface area contributed by atoms with Crippen LogP contribution in [0.25, 0.3) is 21.0 Å². The molecule has 2 amide bonds. The molecular formula is C26H27N3O2S. The first-order valence-electron chi connectivity index (χ1n) is 11.1. The number of rotatable bonds is 4. The first-order chi connectivity index (χ1) is 15.4. The molecule has 1 fully saturated rings. The summed E-state index contributed by atoms with van der Waals surface area (Å²) in [5.74, 6) is 0.199. The maximum absolute atomic E-state index is 13.5. The second-order valence-corrected chi connectivity index (χ2v) is 9.93. The van der Waals surface area contributed by atoms with Crippen LogP contribution in [-0.2, 0) is 7.05 Å². The van der Waals surface area contributed by atoms with E-state index in [9.17, 15) is 9.59 Å². The summed E-state index contributed by atoms with van der Waals surface area (Å²) in [7, 11) is 1.98. The average Bonchev–Trinajstić information content (AvgIpc) is 3.48. The molecule has 164 valence electrons. The van der Waals surface area contributed by atoms with Crippen LogP contribution in [0.5, 0.6) is 0 Å². The predicted octanol–water partition coefficient (Wildman–Crippen LogP) is 5.16. The van der Waals surface area contributed by atoms with E-state index >= 15 is 0 Å². The summed E-state index contributed by atoms with van der Waals surface area (Å²) >= 11 is 1.55. The molecule has 32 heavy (non-hydrogen) atoms. The van der Waals surface area contributed by atoms with Crippen molar-refractivity contribution >= 4 is 44.1 Å². The van der Waals surface area contributed by atoms with E-state index in [1.165, 1.54) is 0 Å². The van der Waals surface area contributed by atoms with Gasteiger partial charge in [0, 0.05) is 53.9 Å². The lowest BCUT2D eigenvalue weighted by molar-refractivity contribution is 0.0792. The van der Waals surface area contributed by atoms with Crippen molar-refractivity contribution in [3.63, 3.8) is 0 Å². The Morgan fingerprint density at radius 1 is 1.06 bits per heavy atom. The minimum absolute atomic E-state index is 0.0185. The van der Waals surface area contributed by atoms with E-state index in [1.54, 1.807) is 11.3 Å². The van der Waals surface area contributed by atoms with Crippen LogP contribution in [0.4, 0.5) is 0 Å². The fourth-order valence-electron chi connectivity index (χ4n) is 4.83. The molecule has 1 aliphatic heterocycles. The lowest BCUT2D eigenvalue weighted by atomic mass is 9.95. The Morgan fingerprint density at radius 2 is 1.78 bits per heavy atom. The number of fused-ring (bicyclic) bond motifs is 2. The summed E-state index contributed by atoms with van der Waals surface area (Å²) in [5, 5.41) is 5.18. The highest BCUT2D eigenvalue weighted by atomic mass is 32.1. The molecule has 1 saturated heterocycles. The molecule has 5 rings (SSSR count). The third kappa shape index (κ3) is 3.48. The molecule has 1 atom stereocenters. The second-order valence-electron chi connectivity index (χ2n) is 8.88. The Hall–Kier alpha value is -3.12. The molecule has 2 aromatic carbocycles. The first kappa shape index (κ1) is 20.8. The molecule has 6 heteroatoms. The number of nitrogens with zero attached hydrogens (tertiary/aromatic N) is 2. The van der Waals surface area contributed by atoms with Crippen molar-refractivity contribution in [2.24, 2.45) is 7.05 Å². The topological polar surface area (TPSA) is 54.3 Å². The fourth-order valence-corrected chi connectivity index (χ4v) is 6.02. The molecule has 4 aromatic rings. The third-order valence-corrected chi connectivity index (χ3v) is 7.46. The van der Waals surface area contributed by atoms with Crippen LogP contribution >= 0.6 is 11.3 Å². The van der Waals surface area contributed by atoms with Gasteiger partial charge in [0.05, 0.1) is 10.4 Å². The van der Waals surface area contributed by atoms with E-state index in [1.807, 2.05) is 73.0 Å². The molecule has 0 saturated carbocycles. The molecule has 1 N–H and O–H groups in total. The van der Waals surface area contributed by atoms with E-state index in [0.29, 0.717) is 13.1 Å². The molecule has 3 heterocycles. The molecule has 0 unspecified atom stereocenters. The zero-order valence-electron chi connectivity index (χ0n) is 18.6. The molecule has 0 spiro atoms. The number of thiophene rings is 1. The van der Waals surface area contributed by atoms with Gasteiger partial charge in [0.25, 0.3) is 11.8 Å². The van der Waals surface area contributed by atoms with Crippen molar-refractivity contribution in [2.45, 2.75) is 32.2 Å². The number of aromatic nitrogens is 1. The molecular weight excluding hydrogens is 418 g/mol. The van der Waals surface area contributed by atoms with Gasteiger partial charge in [0.2, 0.25) is 0 Å². The Labute approximate surface area is 191 Å². The van der Waals surface area contributed by atoms with Crippen LogP contribution in [0.2, 0.25) is 0 Å². The number of carbonyl (C=O) groups excluding carboxylic acids is 2. The number of nitrogens with one attached hydrogen (secondary N) is 1. The minimum atomic E-state index is -0.0185. The smallest absolute Gasteiger partial charge is 0.261 e. The monoisotopic (exact) mass is 445 g/mol. The van der Waals surface area contributed by atoms with Gasteiger partial charge in [0.1, 0.15) is 0 Å². The lowest BCUT2D eigenvalue weighted by Crippen LogP contribution is -2.31. The number of carbonyl (C=O) groups is 2. The van der Waals surface area contributed by atoms with Crippen LogP contribution in [0.1, 0.15) is 51.8 Å². The van der Waals surface area contributed by atoms with Crippen LogP contribution in [0, 0.1) is 0 Å². The summed E-state index contributed by atoms with van der Waals surface area (Å²) in [4.78, 5) is 29.2. The van der Waals surface area contributed by atoms with E-state index in [0.717, 1.165) is 43.4 Å². The Morgan fingerprint density at radius 3 is 2.56 bits per heavy atom. The van der Waals surface area contributed by atoms with Crippen LogP contribution < -0.4 is 5.32 Å². The highest BCUT2D eigenvalue weighted by Gasteiger charge is 2.33. The SMILES string of the molecule is CC(C)NC(=O)c1sc2ccccc2c1[C@H]1CCN(C(=O)c2cn(C)c3ccccc23)C1. The van der Waals surface area contributed by atoms with Crippen molar-refractivity contribution < 1.29 is 9.59 Å². The Bertz CT molecular complexity index is 1330. The van der Waals surface area contributed by atoms with Gasteiger partial charge in [-0.1, -0.05) is 36.4 Å². The normalized spacial score (nSPS) is 16.4. The number of aryl methyl sites for hydroxylation is 1. The first-order valence-corrected chi connectivity index (χ1v) is 11.9. The highest BCUT2D eigenvalue weighted by Crippen LogP contribution is 2.40. The molecule has 1 aliphatic rings. The van der Waals surface area contributed by atoms with E-state index in [-0.39, 0.29) is 23.8 Å². The van der Waals surface area contributed by atoms with Crippen molar-refractivity contribution in [3.05, 3.63) is 70.7 Å². The van der Waals surface area contributed by atoms with E-state index in [4.69, 9.17) is 0 Å². The van der Waals surface area contributed by atoms with Gasteiger partial charge in [-0.25, -0.2) is 0 Å². The number of hydrogen-bond acceptors (Lipinski definition) is 3. The maximum atomic E-state index is 13.5. The largest absolute Gasteiger partial charge is 0.350 e. The highest BCUT2D eigenvalue weighted by molar-refractivity contribution is 7.21. The number of hydrogen-bond donors (Lipinski definition) is 1. The molecule has 0 bridgehead atoms. The Kier molecular flexibility index (Phi) is 5.25. The van der Waals surface area contributed by atoms with Crippen molar-refractivity contribution in [1.82, 2.24) is 14.8 Å². The van der Waals surface area contributed by atoms with Gasteiger partial charge in [-0.15, -0.1) is 11.3 Å². The van der Waals surface area contributed by atoms with Crippen molar-refractivity contribution in [1.29, 1.82) is 0 Å². The number of amides is 2. The van der Waals surface area contributed by atoms with Gasteiger partial charge in [-0.05, 0) is 43.4 Å². The maximum Gasteiger partial charge on any atom is 0.261 e. The van der Waals surface area contributed by atoms with E-state index < -0.39 is 0 Å². The summed E-state index contributed by atoms with van der Waals surface area (Å²) in [5.41, 5.74) is 2.90. The van der Waals surface area contributed by atoms with Crippen LogP contribution in [0.15, 0.2) is 54.7 Å². The summed E-state index contributed by atoms with van der Waals surface area (Å²) in [6.45, 7) is 5.28. The molecule has 2 aromatic heterocycles. The van der Waals surface area contributed by atoms with Crippen LogP contribution in [0.3, 0.4) is 0 Å². The van der Waals surface area contributed by atoms with Gasteiger partial charge in [-0.3, -0.25) is 9.59 Å². The van der Waals surface area contributed by atoms with Crippen molar-refractivity contribution in [3.8, 4) is 0 Å². The van der Waals surface area contributed by atoms with Gasteiger partial charge < -0.3 is 14.8 Å². The fraction of sp³-hybridized carbons (Fsp3) is 0.308. The van der Waals surface area contributed by atoms with E-state index in [2.05, 4.69) is 17.4 Å². The summed E-state index contributed by atoms with van der Waals surface area (Å²) in [6, 6.07) is 16.3. The number of benzene rings is 2. The molecule has 0 radical (unpaired) electrons. The second kappa shape index (κ2) is 8.10. The zero-order valence-corrected chi connectivity index (χ0v) is 19.4. The summed E-state index contributed by atoms with van der Waals surface area (Å²) in [6.07, 6.45) is 2.79. The van der Waals surface area contributed by atoms with Gasteiger partial charge in [0.15, 0.2) is 0 Å². The zero-order chi connectivity index (χ0) is 22.4. The molecule has 0 aliphatic carbocycles.